The van der Waals surface area contributed by atoms with Crippen molar-refractivity contribution in [3.8, 4) is 39.8 Å². The zero-order valence-corrected chi connectivity index (χ0v) is 16.7. The van der Waals surface area contributed by atoms with E-state index in [0.29, 0.717) is 18.2 Å². The molecule has 2 aromatic heterocycles. The fraction of sp³-hybridized carbons (Fsp3) is 0.174. The largest absolute Gasteiger partial charge is 0.492 e. The van der Waals surface area contributed by atoms with Gasteiger partial charge < -0.3 is 19.5 Å². The van der Waals surface area contributed by atoms with E-state index in [0.717, 1.165) is 44.9 Å². The predicted molar refractivity (Wildman–Crippen MR) is 115 cm³/mol. The first kappa shape index (κ1) is 18.2. The smallest absolute Gasteiger partial charge is 0.231 e. The molecule has 0 saturated carbocycles. The minimum atomic E-state index is 0.246. The number of anilines is 1. The Kier molecular flexibility index (Phi) is 4.55. The summed E-state index contributed by atoms with van der Waals surface area (Å²) in [7, 11) is 1.85. The van der Waals surface area contributed by atoms with Gasteiger partial charge in [0.2, 0.25) is 6.79 Å². The third-order valence-electron chi connectivity index (χ3n) is 4.93. The summed E-state index contributed by atoms with van der Waals surface area (Å²) in [5.41, 5.74) is 3.58. The van der Waals surface area contributed by atoms with E-state index in [2.05, 4.69) is 16.4 Å². The van der Waals surface area contributed by atoms with Crippen LogP contribution in [0.2, 0.25) is 0 Å². The van der Waals surface area contributed by atoms with Crippen LogP contribution in [0.4, 0.5) is 5.82 Å². The van der Waals surface area contributed by atoms with Gasteiger partial charge in [-0.2, -0.15) is 0 Å². The number of ether oxygens (including phenoxy) is 3. The Morgan fingerprint density at radius 1 is 1.00 bits per heavy atom. The van der Waals surface area contributed by atoms with Crippen LogP contribution < -0.4 is 19.5 Å². The lowest BCUT2D eigenvalue weighted by atomic mass is 10.0. The van der Waals surface area contributed by atoms with Crippen molar-refractivity contribution in [2.24, 2.45) is 0 Å². The molecule has 30 heavy (non-hydrogen) atoms. The quantitative estimate of drug-likeness (QED) is 0.527. The third kappa shape index (κ3) is 3.14. The van der Waals surface area contributed by atoms with E-state index in [1.54, 1.807) is 12.4 Å². The molecular formula is C23H20N4O3. The summed E-state index contributed by atoms with van der Waals surface area (Å²) in [6.07, 6.45) is 3.48. The zero-order chi connectivity index (χ0) is 20.5. The topological polar surface area (TPSA) is 78.4 Å². The lowest BCUT2D eigenvalue weighted by molar-refractivity contribution is 0.174. The molecule has 0 bridgehead atoms. The third-order valence-corrected chi connectivity index (χ3v) is 4.93. The van der Waals surface area contributed by atoms with E-state index < -0.39 is 0 Å². The van der Waals surface area contributed by atoms with Gasteiger partial charge in [-0.1, -0.05) is 6.07 Å². The minimum Gasteiger partial charge on any atom is -0.492 e. The number of benzene rings is 2. The second kappa shape index (κ2) is 7.51. The standard InChI is InChI=1S/C23H20N4O3/c1-3-28-20-11-16(14-6-7-18-19(10-14)30-13-29-18)9-17-21(20)26-22(27-23(17)24-2)15-5-4-8-25-12-15/h4-12H,3,13H2,1-2H3,(H,24,26,27). The Morgan fingerprint density at radius 2 is 1.90 bits per heavy atom. The van der Waals surface area contributed by atoms with E-state index in [9.17, 15) is 0 Å². The minimum absolute atomic E-state index is 0.246. The second-order valence-electron chi connectivity index (χ2n) is 6.76. The number of pyridine rings is 1. The fourth-order valence-electron chi connectivity index (χ4n) is 3.52. The van der Waals surface area contributed by atoms with Gasteiger partial charge in [0.15, 0.2) is 17.3 Å². The highest BCUT2D eigenvalue weighted by Crippen LogP contribution is 2.39. The van der Waals surface area contributed by atoms with Crippen molar-refractivity contribution in [1.82, 2.24) is 15.0 Å². The molecular weight excluding hydrogens is 380 g/mol. The number of rotatable bonds is 5. The Bertz CT molecular complexity index is 1230. The number of nitrogens with one attached hydrogen (secondary N) is 1. The Labute approximate surface area is 173 Å². The Hall–Kier alpha value is -3.87. The van der Waals surface area contributed by atoms with Crippen molar-refractivity contribution in [3.63, 3.8) is 0 Å². The molecule has 0 atom stereocenters. The van der Waals surface area contributed by atoms with Gasteiger partial charge in [-0.15, -0.1) is 0 Å². The van der Waals surface area contributed by atoms with E-state index >= 15 is 0 Å². The predicted octanol–water partition coefficient (Wildman–Crippen LogP) is 4.53. The molecule has 1 aliphatic heterocycles. The van der Waals surface area contributed by atoms with Crippen molar-refractivity contribution in [1.29, 1.82) is 0 Å². The highest BCUT2D eigenvalue weighted by molar-refractivity contribution is 5.98. The van der Waals surface area contributed by atoms with Gasteiger partial charge >= 0.3 is 0 Å². The number of hydrogen-bond acceptors (Lipinski definition) is 7. The van der Waals surface area contributed by atoms with Crippen molar-refractivity contribution in [3.05, 3.63) is 54.9 Å². The number of hydrogen-bond donors (Lipinski definition) is 1. The van der Waals surface area contributed by atoms with Crippen molar-refractivity contribution >= 4 is 16.7 Å². The van der Waals surface area contributed by atoms with Gasteiger partial charge in [-0.25, -0.2) is 9.97 Å². The first-order valence-corrected chi connectivity index (χ1v) is 9.73. The lowest BCUT2D eigenvalue weighted by Gasteiger charge is -2.14. The Morgan fingerprint density at radius 3 is 2.70 bits per heavy atom. The monoisotopic (exact) mass is 400 g/mol. The van der Waals surface area contributed by atoms with Crippen LogP contribution in [0.1, 0.15) is 6.92 Å². The van der Waals surface area contributed by atoms with Gasteiger partial charge in [0.25, 0.3) is 0 Å². The number of nitrogens with zero attached hydrogens (tertiary/aromatic N) is 3. The van der Waals surface area contributed by atoms with E-state index in [1.165, 1.54) is 0 Å². The van der Waals surface area contributed by atoms with Gasteiger partial charge in [-0.05, 0) is 54.4 Å². The summed E-state index contributed by atoms with van der Waals surface area (Å²) in [6, 6.07) is 13.8. The number of aromatic nitrogens is 3. The molecule has 1 aliphatic rings. The van der Waals surface area contributed by atoms with Crippen molar-refractivity contribution < 1.29 is 14.2 Å². The maximum Gasteiger partial charge on any atom is 0.231 e. The van der Waals surface area contributed by atoms with E-state index in [4.69, 9.17) is 24.2 Å². The van der Waals surface area contributed by atoms with Crippen LogP contribution in [-0.2, 0) is 0 Å². The summed E-state index contributed by atoms with van der Waals surface area (Å²) in [4.78, 5) is 13.7. The van der Waals surface area contributed by atoms with Gasteiger partial charge in [0.1, 0.15) is 17.1 Å². The van der Waals surface area contributed by atoms with Crippen molar-refractivity contribution in [2.45, 2.75) is 6.92 Å². The Balaban J connectivity index is 1.71. The summed E-state index contributed by atoms with van der Waals surface area (Å²) in [6.45, 7) is 2.73. The van der Waals surface area contributed by atoms with Crippen LogP contribution >= 0.6 is 0 Å². The lowest BCUT2D eigenvalue weighted by Crippen LogP contribution is -2.02. The van der Waals surface area contributed by atoms with E-state index in [1.807, 2.05) is 50.4 Å². The molecule has 0 amide bonds. The molecule has 0 radical (unpaired) electrons. The molecule has 0 aliphatic carbocycles. The van der Waals surface area contributed by atoms with Gasteiger partial charge in [-0.3, -0.25) is 4.98 Å². The highest BCUT2D eigenvalue weighted by Gasteiger charge is 2.18. The average molecular weight is 400 g/mol. The molecule has 4 aromatic rings. The summed E-state index contributed by atoms with van der Waals surface area (Å²) in [5.74, 6) is 3.51. The van der Waals surface area contributed by atoms with Crippen LogP contribution in [0, 0.1) is 0 Å². The average Bonchev–Trinajstić information content (AvgIpc) is 3.27. The molecule has 7 nitrogen and oxygen atoms in total. The fourth-order valence-corrected chi connectivity index (χ4v) is 3.52. The maximum absolute atomic E-state index is 5.97. The van der Waals surface area contributed by atoms with Crippen LogP contribution in [0.3, 0.4) is 0 Å². The zero-order valence-electron chi connectivity index (χ0n) is 16.7. The van der Waals surface area contributed by atoms with Crippen LogP contribution in [0.25, 0.3) is 33.4 Å². The van der Waals surface area contributed by atoms with Crippen molar-refractivity contribution in [2.75, 3.05) is 25.8 Å². The molecule has 0 spiro atoms. The highest BCUT2D eigenvalue weighted by atomic mass is 16.7. The van der Waals surface area contributed by atoms with Crippen LogP contribution in [0.15, 0.2) is 54.9 Å². The maximum atomic E-state index is 5.97. The molecule has 3 heterocycles. The summed E-state index contributed by atoms with van der Waals surface area (Å²) >= 11 is 0. The second-order valence-corrected chi connectivity index (χ2v) is 6.76. The van der Waals surface area contributed by atoms with Crippen LogP contribution in [0.5, 0.6) is 17.2 Å². The summed E-state index contributed by atoms with van der Waals surface area (Å²) < 4.78 is 16.9. The molecule has 0 saturated heterocycles. The summed E-state index contributed by atoms with van der Waals surface area (Å²) in [5, 5.41) is 4.08. The molecule has 0 fully saturated rings. The molecule has 0 unspecified atom stereocenters. The SMILES string of the molecule is CCOc1cc(-c2ccc3c(c2)OCO3)cc2c(NC)nc(-c3cccnc3)nc12. The van der Waals surface area contributed by atoms with Crippen LogP contribution in [-0.4, -0.2) is 35.4 Å². The number of fused-ring (bicyclic) bond motifs is 2. The van der Waals surface area contributed by atoms with Gasteiger partial charge in [0.05, 0.1) is 6.61 Å². The van der Waals surface area contributed by atoms with Gasteiger partial charge in [0, 0.05) is 30.4 Å². The normalized spacial score (nSPS) is 12.2. The first-order chi connectivity index (χ1) is 14.8. The molecule has 5 rings (SSSR count). The molecule has 2 aromatic carbocycles. The molecule has 1 N–H and O–H groups in total. The van der Waals surface area contributed by atoms with E-state index in [-0.39, 0.29) is 6.79 Å². The first-order valence-electron chi connectivity index (χ1n) is 9.73. The molecule has 150 valence electrons. The molecule has 7 heteroatoms.